The topological polar surface area (TPSA) is 12.0 Å². The fourth-order valence-electron chi connectivity index (χ4n) is 3.50. The number of fused-ring (bicyclic) bond motifs is 7. The number of nitrogens with one attached hydrogen (secondary N) is 1. The van der Waals surface area contributed by atoms with Crippen LogP contribution >= 0.6 is 0 Å². The van der Waals surface area contributed by atoms with Gasteiger partial charge in [0.25, 0.3) is 0 Å². The quantitative estimate of drug-likeness (QED) is 0.684. The zero-order valence-corrected chi connectivity index (χ0v) is 10.2. The lowest BCUT2D eigenvalue weighted by Gasteiger charge is -2.37. The Kier molecular flexibility index (Phi) is 1.72. The first-order valence-corrected chi connectivity index (χ1v) is 6.31. The van der Waals surface area contributed by atoms with Gasteiger partial charge in [0.2, 0.25) is 5.79 Å². The predicted molar refractivity (Wildman–Crippen MR) is 69.6 cm³/mol. The molecule has 1 aromatic carbocycles. The van der Waals surface area contributed by atoms with Crippen molar-refractivity contribution in [3.8, 4) is 0 Å². The molecule has 0 amide bonds. The third-order valence-electron chi connectivity index (χ3n) is 4.28. The van der Waals surface area contributed by atoms with E-state index >= 15 is 4.39 Å². The molecule has 2 bridgehead atoms. The van der Waals surface area contributed by atoms with Crippen LogP contribution in [0.25, 0.3) is 0 Å². The molecule has 0 spiro atoms. The van der Waals surface area contributed by atoms with E-state index in [1.165, 1.54) is 5.57 Å². The van der Waals surface area contributed by atoms with Gasteiger partial charge in [-0.2, -0.15) is 0 Å². The van der Waals surface area contributed by atoms with Crippen LogP contribution < -0.4 is 5.32 Å². The van der Waals surface area contributed by atoms with Gasteiger partial charge in [0.05, 0.1) is 5.54 Å². The molecular weight excluding hydrogens is 225 g/mol. The van der Waals surface area contributed by atoms with Crippen LogP contribution in [0.2, 0.25) is 0 Å². The number of allylic oxidation sites excluding steroid dienone is 3. The molecule has 1 aliphatic carbocycles. The highest BCUT2D eigenvalue weighted by Crippen LogP contribution is 2.53. The third kappa shape index (κ3) is 1.05. The molecule has 2 heteroatoms. The van der Waals surface area contributed by atoms with E-state index in [1.54, 1.807) is 6.08 Å². The molecular formula is C16H14FN. The summed E-state index contributed by atoms with van der Waals surface area (Å²) in [5.41, 5.74) is 3.72. The number of halogens is 1. The second kappa shape index (κ2) is 3.01. The summed E-state index contributed by atoms with van der Waals surface area (Å²) >= 11 is 0. The summed E-state index contributed by atoms with van der Waals surface area (Å²) in [6, 6.07) is 7.80. The summed E-state index contributed by atoms with van der Waals surface area (Å²) in [6.45, 7) is 2.07. The number of rotatable bonds is 0. The van der Waals surface area contributed by atoms with E-state index in [-0.39, 0.29) is 0 Å². The normalized spacial score (nSPS) is 35.7. The first-order chi connectivity index (χ1) is 8.63. The summed E-state index contributed by atoms with van der Waals surface area (Å²) in [7, 11) is 0. The van der Waals surface area contributed by atoms with Crippen LogP contribution in [0.15, 0.2) is 59.7 Å². The van der Waals surface area contributed by atoms with E-state index in [0.29, 0.717) is 0 Å². The fourth-order valence-corrected chi connectivity index (χ4v) is 3.50. The summed E-state index contributed by atoms with van der Waals surface area (Å²) < 4.78 is 15.1. The largest absolute Gasteiger partial charge is 0.264 e. The Balaban J connectivity index is 2.08. The van der Waals surface area contributed by atoms with Gasteiger partial charge in [-0.3, -0.25) is 5.32 Å². The van der Waals surface area contributed by atoms with E-state index in [2.05, 4.69) is 30.5 Å². The molecule has 4 rings (SSSR count). The molecule has 90 valence electrons. The zero-order chi connectivity index (χ0) is 12.4. The van der Waals surface area contributed by atoms with Crippen LogP contribution in [0.1, 0.15) is 24.5 Å². The number of hydrogen-bond donors (Lipinski definition) is 1. The van der Waals surface area contributed by atoms with Crippen molar-refractivity contribution < 1.29 is 4.39 Å². The summed E-state index contributed by atoms with van der Waals surface area (Å²) in [4.78, 5) is 0. The standard InChI is InChI=1S/C16H14FN/c1-15-12-7-3-2-6-11(12)10-16(17,18-15)14-9-5-4-8-13(14)15/h2-5,7-10,18H,6H2,1H3. The highest BCUT2D eigenvalue weighted by molar-refractivity contribution is 5.61. The first-order valence-electron chi connectivity index (χ1n) is 6.31. The van der Waals surface area contributed by atoms with Crippen molar-refractivity contribution >= 4 is 0 Å². The van der Waals surface area contributed by atoms with Crippen molar-refractivity contribution in [2.24, 2.45) is 0 Å². The smallest absolute Gasteiger partial charge is 0.208 e. The predicted octanol–water partition coefficient (Wildman–Crippen LogP) is 3.45. The van der Waals surface area contributed by atoms with Gasteiger partial charge in [0.15, 0.2) is 0 Å². The minimum absolute atomic E-state index is 0.403. The van der Waals surface area contributed by atoms with Gasteiger partial charge in [-0.15, -0.1) is 0 Å². The highest BCUT2D eigenvalue weighted by Gasteiger charge is 2.54. The Morgan fingerprint density at radius 3 is 2.83 bits per heavy atom. The number of benzene rings is 1. The Morgan fingerprint density at radius 2 is 2.00 bits per heavy atom. The van der Waals surface area contributed by atoms with Gasteiger partial charge < -0.3 is 0 Å². The Hall–Kier alpha value is -1.67. The molecule has 3 aliphatic rings. The molecule has 18 heavy (non-hydrogen) atoms. The molecule has 0 aromatic heterocycles. The second-order valence-electron chi connectivity index (χ2n) is 5.39. The lowest BCUT2D eigenvalue weighted by atomic mass is 9.78. The minimum atomic E-state index is -1.51. The van der Waals surface area contributed by atoms with Crippen LogP contribution in [-0.4, -0.2) is 0 Å². The Morgan fingerprint density at radius 1 is 1.22 bits per heavy atom. The van der Waals surface area contributed by atoms with Crippen LogP contribution in [0.4, 0.5) is 4.39 Å². The minimum Gasteiger partial charge on any atom is -0.264 e. The Labute approximate surface area is 106 Å². The highest BCUT2D eigenvalue weighted by atomic mass is 19.1. The molecule has 1 nitrogen and oxygen atoms in total. The monoisotopic (exact) mass is 239 g/mol. The molecule has 2 atom stereocenters. The SMILES string of the molecule is CC12NC(F)(C=C3CC=CC=C31)c1ccccc12. The van der Waals surface area contributed by atoms with Gasteiger partial charge in [0.1, 0.15) is 0 Å². The van der Waals surface area contributed by atoms with Gasteiger partial charge in [-0.25, -0.2) is 4.39 Å². The molecule has 2 aliphatic heterocycles. The van der Waals surface area contributed by atoms with E-state index in [1.807, 2.05) is 24.3 Å². The van der Waals surface area contributed by atoms with Crippen LogP contribution in [0.5, 0.6) is 0 Å². The lowest BCUT2D eigenvalue weighted by Crippen LogP contribution is -2.47. The van der Waals surface area contributed by atoms with E-state index in [0.717, 1.165) is 23.1 Å². The summed E-state index contributed by atoms with van der Waals surface area (Å²) in [5, 5.41) is 3.16. The van der Waals surface area contributed by atoms with Gasteiger partial charge in [-0.05, 0) is 36.1 Å². The molecule has 0 saturated carbocycles. The van der Waals surface area contributed by atoms with Gasteiger partial charge in [-0.1, -0.05) is 42.5 Å². The maximum absolute atomic E-state index is 15.1. The summed E-state index contributed by atoms with van der Waals surface area (Å²) in [6.07, 6.45) is 8.81. The van der Waals surface area contributed by atoms with Crippen molar-refractivity contribution in [3.63, 3.8) is 0 Å². The van der Waals surface area contributed by atoms with Gasteiger partial charge >= 0.3 is 0 Å². The van der Waals surface area contributed by atoms with E-state index < -0.39 is 11.3 Å². The van der Waals surface area contributed by atoms with E-state index in [4.69, 9.17) is 0 Å². The molecule has 1 N–H and O–H groups in total. The number of hydrogen-bond acceptors (Lipinski definition) is 1. The maximum Gasteiger partial charge on any atom is 0.208 e. The van der Waals surface area contributed by atoms with Crippen molar-refractivity contribution in [1.29, 1.82) is 0 Å². The van der Waals surface area contributed by atoms with Crippen molar-refractivity contribution in [1.82, 2.24) is 5.32 Å². The average Bonchev–Trinajstić information content (AvgIpc) is 2.56. The molecule has 2 unspecified atom stereocenters. The molecule has 0 fully saturated rings. The van der Waals surface area contributed by atoms with Crippen molar-refractivity contribution in [2.45, 2.75) is 24.7 Å². The van der Waals surface area contributed by atoms with Crippen molar-refractivity contribution in [2.75, 3.05) is 0 Å². The van der Waals surface area contributed by atoms with E-state index in [9.17, 15) is 0 Å². The Bertz CT molecular complexity index is 640. The second-order valence-corrected chi connectivity index (χ2v) is 5.39. The average molecular weight is 239 g/mol. The zero-order valence-electron chi connectivity index (χ0n) is 10.2. The molecule has 0 radical (unpaired) electrons. The van der Waals surface area contributed by atoms with Crippen LogP contribution in [-0.2, 0) is 11.3 Å². The molecule has 1 aromatic rings. The maximum atomic E-state index is 15.1. The van der Waals surface area contributed by atoms with Crippen LogP contribution in [0.3, 0.4) is 0 Å². The third-order valence-corrected chi connectivity index (χ3v) is 4.28. The lowest BCUT2D eigenvalue weighted by molar-refractivity contribution is 0.151. The summed E-state index contributed by atoms with van der Waals surface area (Å²) in [5.74, 6) is -1.51. The molecule has 0 saturated heterocycles. The van der Waals surface area contributed by atoms with Crippen molar-refractivity contribution in [3.05, 3.63) is 70.8 Å². The fraction of sp³-hybridized carbons (Fsp3) is 0.250. The first kappa shape index (κ1) is 10.3. The van der Waals surface area contributed by atoms with Crippen LogP contribution in [0, 0.1) is 0 Å². The number of alkyl halides is 1. The van der Waals surface area contributed by atoms with Gasteiger partial charge in [0, 0.05) is 5.56 Å². The molecule has 2 heterocycles.